The molecule has 4 rings (SSSR count). The molecule has 1 fully saturated rings. The highest BCUT2D eigenvalue weighted by Crippen LogP contribution is 2.29. The molecule has 0 bridgehead atoms. The van der Waals surface area contributed by atoms with Gasteiger partial charge in [-0.15, -0.1) is 0 Å². The van der Waals surface area contributed by atoms with E-state index in [-0.39, 0.29) is 6.29 Å². The van der Waals surface area contributed by atoms with E-state index in [4.69, 9.17) is 19.3 Å². The van der Waals surface area contributed by atoms with Crippen LogP contribution in [0.1, 0.15) is 0 Å². The summed E-state index contributed by atoms with van der Waals surface area (Å²) >= 11 is 0. The first-order valence-corrected chi connectivity index (χ1v) is 8.07. The molecule has 3 aromatic rings. The van der Waals surface area contributed by atoms with Crippen LogP contribution in [0.25, 0.3) is 22.3 Å². The van der Waals surface area contributed by atoms with Gasteiger partial charge in [0.15, 0.2) is 11.9 Å². The first kappa shape index (κ1) is 15.8. The van der Waals surface area contributed by atoms with Crippen molar-refractivity contribution in [1.82, 2.24) is 19.7 Å². The third-order valence-corrected chi connectivity index (χ3v) is 4.09. The molecule has 0 spiro atoms. The van der Waals surface area contributed by atoms with E-state index in [9.17, 15) is 0 Å². The van der Waals surface area contributed by atoms with E-state index in [1.165, 1.54) is 0 Å². The number of nitrogens with zero attached hydrogens (tertiary/aromatic N) is 4. The van der Waals surface area contributed by atoms with Crippen molar-refractivity contribution in [1.29, 1.82) is 0 Å². The second kappa shape index (κ2) is 6.66. The smallest absolute Gasteiger partial charge is 0.224 e. The molecule has 0 unspecified atom stereocenters. The van der Waals surface area contributed by atoms with Crippen LogP contribution in [0.2, 0.25) is 0 Å². The van der Waals surface area contributed by atoms with E-state index in [0.717, 1.165) is 28.0 Å². The molecule has 0 aliphatic carbocycles. The van der Waals surface area contributed by atoms with Gasteiger partial charge in [-0.1, -0.05) is 0 Å². The van der Waals surface area contributed by atoms with Gasteiger partial charge in [-0.3, -0.25) is 0 Å². The third kappa shape index (κ3) is 3.01. The zero-order valence-electron chi connectivity index (χ0n) is 14.1. The maximum absolute atomic E-state index is 5.55. The zero-order chi connectivity index (χ0) is 17.2. The van der Waals surface area contributed by atoms with E-state index in [1.807, 2.05) is 28.9 Å². The second-order valence-corrected chi connectivity index (χ2v) is 5.61. The van der Waals surface area contributed by atoms with Crippen LogP contribution in [0.4, 0.5) is 5.95 Å². The molecule has 0 radical (unpaired) electrons. The molecule has 0 saturated carbocycles. The van der Waals surface area contributed by atoms with Gasteiger partial charge in [-0.25, -0.2) is 9.67 Å². The molecule has 1 saturated heterocycles. The van der Waals surface area contributed by atoms with E-state index in [0.29, 0.717) is 25.7 Å². The van der Waals surface area contributed by atoms with Crippen LogP contribution in [0.15, 0.2) is 30.5 Å². The van der Waals surface area contributed by atoms with Crippen molar-refractivity contribution < 1.29 is 14.2 Å². The number of rotatable bonds is 5. The molecule has 1 N–H and O–H groups in total. The monoisotopic (exact) mass is 341 g/mol. The summed E-state index contributed by atoms with van der Waals surface area (Å²) in [6.07, 6.45) is 1.48. The van der Waals surface area contributed by atoms with Crippen molar-refractivity contribution in [3.05, 3.63) is 30.5 Å². The van der Waals surface area contributed by atoms with Gasteiger partial charge in [-0.05, 0) is 24.3 Å². The summed E-state index contributed by atoms with van der Waals surface area (Å²) in [4.78, 5) is 8.89. The van der Waals surface area contributed by atoms with Crippen molar-refractivity contribution in [2.24, 2.45) is 0 Å². The van der Waals surface area contributed by atoms with E-state index >= 15 is 0 Å². The Morgan fingerprint density at radius 1 is 1.24 bits per heavy atom. The molecule has 0 amide bonds. The molecule has 1 aromatic carbocycles. The Balaban J connectivity index is 1.79. The Morgan fingerprint density at radius 3 is 2.68 bits per heavy atom. The largest absolute Gasteiger partial charge is 0.497 e. The van der Waals surface area contributed by atoms with Gasteiger partial charge in [0.1, 0.15) is 11.4 Å². The Bertz CT molecular complexity index is 872. The molecule has 130 valence electrons. The van der Waals surface area contributed by atoms with Crippen LogP contribution in [0, 0.1) is 0 Å². The number of benzene rings is 1. The van der Waals surface area contributed by atoms with Gasteiger partial charge in [0.05, 0.1) is 32.3 Å². The van der Waals surface area contributed by atoms with Crippen LogP contribution in [-0.4, -0.2) is 53.4 Å². The normalized spacial score (nSPS) is 15.0. The first-order valence-electron chi connectivity index (χ1n) is 8.07. The molecular formula is C17H19N5O3. The molecule has 2 aromatic heterocycles. The quantitative estimate of drug-likeness (QED) is 0.759. The van der Waals surface area contributed by atoms with Crippen molar-refractivity contribution in [2.75, 3.05) is 32.7 Å². The Morgan fingerprint density at radius 2 is 2.00 bits per heavy atom. The minimum absolute atomic E-state index is 0.306. The van der Waals surface area contributed by atoms with Gasteiger partial charge >= 0.3 is 0 Å². The number of hydrogen-bond acceptors (Lipinski definition) is 7. The molecule has 1 aliphatic heterocycles. The fourth-order valence-electron chi connectivity index (χ4n) is 2.82. The summed E-state index contributed by atoms with van der Waals surface area (Å²) in [7, 11) is 3.43. The van der Waals surface area contributed by atoms with E-state index in [2.05, 4.69) is 15.3 Å². The summed E-state index contributed by atoms with van der Waals surface area (Å²) in [5, 5.41) is 8.58. The van der Waals surface area contributed by atoms with Crippen molar-refractivity contribution in [3.8, 4) is 17.0 Å². The molecule has 25 heavy (non-hydrogen) atoms. The van der Waals surface area contributed by atoms with Crippen molar-refractivity contribution in [2.45, 2.75) is 12.8 Å². The summed E-state index contributed by atoms with van der Waals surface area (Å²) < 4.78 is 18.1. The minimum Gasteiger partial charge on any atom is -0.497 e. The number of nitrogens with one attached hydrogen (secondary N) is 1. The van der Waals surface area contributed by atoms with Crippen LogP contribution < -0.4 is 10.1 Å². The topological polar surface area (TPSA) is 83.3 Å². The summed E-state index contributed by atoms with van der Waals surface area (Å²) in [6, 6.07) is 7.76. The van der Waals surface area contributed by atoms with E-state index < -0.39 is 0 Å². The fraction of sp³-hybridized carbons (Fsp3) is 0.353. The number of ether oxygens (including phenoxy) is 3. The SMILES string of the molecule is CNc1ncc2c(-c3ccc(OC)cc3)nn(CC3OCCO3)c2n1. The summed E-state index contributed by atoms with van der Waals surface area (Å²) in [5.74, 6) is 1.34. The summed E-state index contributed by atoms with van der Waals surface area (Å²) in [5.41, 5.74) is 2.53. The lowest BCUT2D eigenvalue weighted by molar-refractivity contribution is -0.0538. The Labute approximate surface area is 144 Å². The zero-order valence-corrected chi connectivity index (χ0v) is 14.1. The molecule has 1 aliphatic rings. The lowest BCUT2D eigenvalue weighted by atomic mass is 10.1. The number of methoxy groups -OCH3 is 1. The predicted octanol–water partition coefficient (Wildman–Crippen LogP) is 1.92. The van der Waals surface area contributed by atoms with Crippen LogP contribution in [0.3, 0.4) is 0 Å². The first-order chi connectivity index (χ1) is 12.3. The lowest BCUT2D eigenvalue weighted by Gasteiger charge is -2.09. The number of hydrogen-bond donors (Lipinski definition) is 1. The Hall–Kier alpha value is -2.71. The van der Waals surface area contributed by atoms with Crippen LogP contribution >= 0.6 is 0 Å². The molecule has 8 heteroatoms. The molecular weight excluding hydrogens is 322 g/mol. The second-order valence-electron chi connectivity index (χ2n) is 5.61. The Kier molecular flexibility index (Phi) is 4.21. The van der Waals surface area contributed by atoms with Crippen molar-refractivity contribution >= 4 is 17.0 Å². The minimum atomic E-state index is -0.306. The highest BCUT2D eigenvalue weighted by molar-refractivity contribution is 5.91. The number of anilines is 1. The van der Waals surface area contributed by atoms with Crippen molar-refractivity contribution in [3.63, 3.8) is 0 Å². The summed E-state index contributed by atoms with van der Waals surface area (Å²) in [6.45, 7) is 1.69. The number of fused-ring (bicyclic) bond motifs is 1. The lowest BCUT2D eigenvalue weighted by Crippen LogP contribution is -2.18. The predicted molar refractivity (Wildman–Crippen MR) is 92.5 cm³/mol. The van der Waals surface area contributed by atoms with Gasteiger partial charge in [0.2, 0.25) is 5.95 Å². The average Bonchev–Trinajstić information content (AvgIpc) is 3.30. The maximum Gasteiger partial charge on any atom is 0.224 e. The van der Waals surface area contributed by atoms with Gasteiger partial charge in [0.25, 0.3) is 0 Å². The van der Waals surface area contributed by atoms with Gasteiger partial charge in [0, 0.05) is 18.8 Å². The van der Waals surface area contributed by atoms with Crippen LogP contribution in [-0.2, 0) is 16.0 Å². The standard InChI is InChI=1S/C17H19N5O3/c1-18-17-19-9-13-15(11-3-5-12(23-2)6-4-11)21-22(16(13)20-17)10-14-24-7-8-25-14/h3-6,9,14H,7-8,10H2,1-2H3,(H,18,19,20). The molecule has 3 heterocycles. The van der Waals surface area contributed by atoms with Crippen LogP contribution in [0.5, 0.6) is 5.75 Å². The van der Waals surface area contributed by atoms with Gasteiger partial charge in [-0.2, -0.15) is 10.1 Å². The maximum atomic E-state index is 5.55. The molecule has 0 atom stereocenters. The average molecular weight is 341 g/mol. The highest BCUT2D eigenvalue weighted by Gasteiger charge is 2.21. The van der Waals surface area contributed by atoms with Gasteiger partial charge < -0.3 is 19.5 Å². The molecule has 8 nitrogen and oxygen atoms in total. The fourth-order valence-corrected chi connectivity index (χ4v) is 2.82. The van der Waals surface area contributed by atoms with E-state index in [1.54, 1.807) is 20.4 Å². The number of aromatic nitrogens is 4. The highest BCUT2D eigenvalue weighted by atomic mass is 16.7. The third-order valence-electron chi connectivity index (χ3n) is 4.09.